The molecular weight excluding hydrogens is 398 g/mol. The zero-order chi connectivity index (χ0) is 20.5. The molecule has 0 saturated heterocycles. The van der Waals surface area contributed by atoms with Crippen LogP contribution in [0.3, 0.4) is 0 Å². The highest BCUT2D eigenvalue weighted by molar-refractivity contribution is 7.99. The summed E-state index contributed by atoms with van der Waals surface area (Å²) in [6.07, 6.45) is 1.90. The first-order valence-corrected chi connectivity index (χ1v) is 9.45. The van der Waals surface area contributed by atoms with Crippen LogP contribution < -0.4 is 5.32 Å². The highest BCUT2D eigenvalue weighted by atomic mass is 32.2. The van der Waals surface area contributed by atoms with Gasteiger partial charge in [0.25, 0.3) is 17.3 Å². The van der Waals surface area contributed by atoms with Crippen molar-refractivity contribution in [2.45, 2.75) is 11.7 Å². The van der Waals surface area contributed by atoms with Gasteiger partial charge < -0.3 is 9.88 Å². The quantitative estimate of drug-likeness (QED) is 0.499. The van der Waals surface area contributed by atoms with E-state index in [4.69, 9.17) is 0 Å². The lowest BCUT2D eigenvalue weighted by Crippen LogP contribution is -2.13. The second-order valence-electron chi connectivity index (χ2n) is 6.20. The number of para-hydroxylation sites is 1. The van der Waals surface area contributed by atoms with Crippen molar-refractivity contribution in [3.05, 3.63) is 74.5 Å². The molecule has 0 bridgehead atoms. The van der Waals surface area contributed by atoms with Crippen LogP contribution in [-0.4, -0.2) is 31.1 Å². The van der Waals surface area contributed by atoms with Gasteiger partial charge in [-0.1, -0.05) is 30.0 Å². The van der Waals surface area contributed by atoms with E-state index in [0.717, 1.165) is 35.7 Å². The van der Waals surface area contributed by atoms with E-state index in [1.807, 2.05) is 10.8 Å². The van der Waals surface area contributed by atoms with Gasteiger partial charge in [0.05, 0.1) is 32.9 Å². The average molecular weight is 411 g/mol. The molecule has 0 saturated carbocycles. The van der Waals surface area contributed by atoms with Crippen LogP contribution in [0.1, 0.15) is 10.4 Å². The first kappa shape index (κ1) is 18.6. The van der Waals surface area contributed by atoms with Crippen LogP contribution in [0.4, 0.5) is 17.1 Å². The monoisotopic (exact) mass is 411 g/mol. The van der Waals surface area contributed by atoms with E-state index in [1.54, 1.807) is 36.0 Å². The molecule has 11 heteroatoms. The Morgan fingerprint density at radius 1 is 1.10 bits per heavy atom. The third-order valence-corrected chi connectivity index (χ3v) is 5.31. The van der Waals surface area contributed by atoms with Gasteiger partial charge >= 0.3 is 0 Å². The topological polar surface area (TPSA) is 133 Å². The molecule has 0 unspecified atom stereocenters. The van der Waals surface area contributed by atoms with E-state index < -0.39 is 27.1 Å². The molecule has 10 nitrogen and oxygen atoms in total. The SMILES string of the molecule is O=C(Nc1ccccc1-c1cn2c(n1)SCC2)c1cc([N+](=O)[O-])cc([N+](=O)[O-])c1. The number of nitrogens with zero attached hydrogens (tertiary/aromatic N) is 4. The number of thioether (sulfide) groups is 1. The maximum atomic E-state index is 12.7. The second-order valence-corrected chi connectivity index (χ2v) is 7.26. The molecule has 2 aromatic carbocycles. The maximum absolute atomic E-state index is 12.7. The summed E-state index contributed by atoms with van der Waals surface area (Å²) >= 11 is 1.65. The first-order valence-electron chi connectivity index (χ1n) is 8.47. The fourth-order valence-electron chi connectivity index (χ4n) is 2.99. The largest absolute Gasteiger partial charge is 0.325 e. The third-order valence-electron chi connectivity index (χ3n) is 4.34. The van der Waals surface area contributed by atoms with Crippen molar-refractivity contribution in [1.29, 1.82) is 0 Å². The van der Waals surface area contributed by atoms with E-state index in [2.05, 4.69) is 10.3 Å². The number of carbonyl (C=O) groups is 1. The minimum absolute atomic E-state index is 0.177. The van der Waals surface area contributed by atoms with Crippen LogP contribution in [-0.2, 0) is 6.54 Å². The van der Waals surface area contributed by atoms with Gasteiger partial charge in [0.2, 0.25) is 0 Å². The number of anilines is 1. The molecule has 0 radical (unpaired) electrons. The second kappa shape index (κ2) is 7.36. The average Bonchev–Trinajstić information content (AvgIpc) is 3.30. The zero-order valence-electron chi connectivity index (χ0n) is 14.8. The Hall–Kier alpha value is -3.73. The number of imidazole rings is 1. The minimum Gasteiger partial charge on any atom is -0.325 e. The van der Waals surface area contributed by atoms with Crippen molar-refractivity contribution in [2.24, 2.45) is 0 Å². The predicted octanol–water partition coefficient (Wildman–Crippen LogP) is 3.72. The van der Waals surface area contributed by atoms with Crippen molar-refractivity contribution in [3.8, 4) is 11.3 Å². The summed E-state index contributed by atoms with van der Waals surface area (Å²) in [4.78, 5) is 37.8. The smallest absolute Gasteiger partial charge is 0.277 e. The lowest BCUT2D eigenvalue weighted by molar-refractivity contribution is -0.394. The van der Waals surface area contributed by atoms with E-state index >= 15 is 0 Å². The molecule has 1 amide bonds. The maximum Gasteiger partial charge on any atom is 0.277 e. The number of hydrogen-bond donors (Lipinski definition) is 1. The van der Waals surface area contributed by atoms with E-state index in [0.29, 0.717) is 16.9 Å². The van der Waals surface area contributed by atoms with Crippen molar-refractivity contribution < 1.29 is 14.6 Å². The van der Waals surface area contributed by atoms with E-state index in [1.165, 1.54) is 0 Å². The molecule has 146 valence electrons. The highest BCUT2D eigenvalue weighted by Gasteiger charge is 2.21. The van der Waals surface area contributed by atoms with Gasteiger partial charge in [-0.05, 0) is 6.07 Å². The van der Waals surface area contributed by atoms with Crippen LogP contribution >= 0.6 is 11.8 Å². The fourth-order valence-corrected chi connectivity index (χ4v) is 3.93. The van der Waals surface area contributed by atoms with Crippen LogP contribution in [0, 0.1) is 20.2 Å². The predicted molar refractivity (Wildman–Crippen MR) is 106 cm³/mol. The molecule has 1 N–H and O–H groups in total. The summed E-state index contributed by atoms with van der Waals surface area (Å²) in [5.74, 6) is 0.275. The van der Waals surface area contributed by atoms with Gasteiger partial charge in [0, 0.05) is 36.2 Å². The number of nitro benzene ring substituents is 2. The lowest BCUT2D eigenvalue weighted by Gasteiger charge is -2.10. The Labute approximate surface area is 167 Å². The van der Waals surface area contributed by atoms with Gasteiger partial charge in [-0.25, -0.2) is 4.98 Å². The molecule has 0 aliphatic carbocycles. The summed E-state index contributed by atoms with van der Waals surface area (Å²) in [7, 11) is 0. The number of aryl methyl sites for hydroxylation is 1. The number of hydrogen-bond acceptors (Lipinski definition) is 7. The number of aromatic nitrogens is 2. The van der Waals surface area contributed by atoms with Gasteiger partial charge in [-0.3, -0.25) is 25.0 Å². The molecule has 0 fully saturated rings. The zero-order valence-corrected chi connectivity index (χ0v) is 15.6. The number of non-ortho nitro benzene ring substituents is 2. The summed E-state index contributed by atoms with van der Waals surface area (Å²) in [6, 6.07) is 9.84. The van der Waals surface area contributed by atoms with Crippen LogP contribution in [0.2, 0.25) is 0 Å². The van der Waals surface area contributed by atoms with E-state index in [-0.39, 0.29) is 5.56 Å². The Kier molecular flexibility index (Phi) is 4.72. The summed E-state index contributed by atoms with van der Waals surface area (Å²) in [5, 5.41) is 25.7. The summed E-state index contributed by atoms with van der Waals surface area (Å²) < 4.78 is 2.03. The fraction of sp³-hybridized carbons (Fsp3) is 0.111. The normalized spacial score (nSPS) is 12.4. The van der Waals surface area contributed by atoms with Crippen LogP contribution in [0.25, 0.3) is 11.3 Å². The highest BCUT2D eigenvalue weighted by Crippen LogP contribution is 2.33. The number of benzene rings is 2. The summed E-state index contributed by atoms with van der Waals surface area (Å²) in [6.45, 7) is 0.860. The van der Waals surface area contributed by atoms with Crippen molar-refractivity contribution in [3.63, 3.8) is 0 Å². The molecule has 4 rings (SSSR count). The molecule has 1 aliphatic heterocycles. The number of fused-ring (bicyclic) bond motifs is 1. The van der Waals surface area contributed by atoms with Crippen LogP contribution in [0.15, 0.2) is 53.8 Å². The number of rotatable bonds is 5. The van der Waals surface area contributed by atoms with Gasteiger partial charge in [0.1, 0.15) is 0 Å². The Bertz CT molecular complexity index is 1110. The molecular formula is C18H13N5O5S. The molecule has 3 aromatic rings. The van der Waals surface area contributed by atoms with Crippen molar-refractivity contribution in [1.82, 2.24) is 9.55 Å². The molecule has 0 atom stereocenters. The standard InChI is InChI=1S/C18H13N5O5S/c24-17(11-7-12(22(25)26)9-13(8-11)23(27)28)19-15-4-2-1-3-14(15)16-10-21-5-6-29-18(21)20-16/h1-4,7-10H,5-6H2,(H,19,24). The molecule has 2 heterocycles. The first-order chi connectivity index (χ1) is 13.9. The molecule has 1 aromatic heterocycles. The molecule has 1 aliphatic rings. The number of nitro groups is 2. The molecule has 29 heavy (non-hydrogen) atoms. The van der Waals surface area contributed by atoms with Crippen LogP contribution in [0.5, 0.6) is 0 Å². The van der Waals surface area contributed by atoms with Gasteiger partial charge in [-0.2, -0.15) is 0 Å². The van der Waals surface area contributed by atoms with Crippen molar-refractivity contribution >= 4 is 34.7 Å². The van der Waals surface area contributed by atoms with Crippen molar-refractivity contribution in [2.75, 3.05) is 11.1 Å². The van der Waals surface area contributed by atoms with Gasteiger partial charge in [-0.15, -0.1) is 0 Å². The lowest BCUT2D eigenvalue weighted by atomic mass is 10.1. The van der Waals surface area contributed by atoms with E-state index in [9.17, 15) is 25.0 Å². The Morgan fingerprint density at radius 2 is 1.79 bits per heavy atom. The summed E-state index contributed by atoms with van der Waals surface area (Å²) in [5.41, 5.74) is 0.591. The molecule has 0 spiro atoms. The Balaban J connectivity index is 1.67. The Morgan fingerprint density at radius 3 is 2.45 bits per heavy atom. The number of nitrogens with one attached hydrogen (secondary N) is 1. The minimum atomic E-state index is -0.776. The number of amides is 1. The van der Waals surface area contributed by atoms with Gasteiger partial charge in [0.15, 0.2) is 5.16 Å². The number of carbonyl (C=O) groups excluding carboxylic acids is 1. The third kappa shape index (κ3) is 3.67.